The number of sulfonamides is 1. The lowest BCUT2D eigenvalue weighted by Gasteiger charge is -2.33. The van der Waals surface area contributed by atoms with Gasteiger partial charge >= 0.3 is 0 Å². The zero-order valence-corrected chi connectivity index (χ0v) is 22.2. The Morgan fingerprint density at radius 2 is 1.57 bits per heavy atom. The highest BCUT2D eigenvalue weighted by atomic mass is 35.5. The Bertz CT molecular complexity index is 1300. The van der Waals surface area contributed by atoms with Crippen molar-refractivity contribution >= 4 is 39.1 Å². The number of carbonyl (C=O) groups excluding carboxylic acids is 2. The lowest BCUT2D eigenvalue weighted by atomic mass is 10.1. The van der Waals surface area contributed by atoms with Crippen molar-refractivity contribution in [1.29, 1.82) is 0 Å². The fourth-order valence-corrected chi connectivity index (χ4v) is 5.42. The molecule has 1 N–H and O–H groups in total. The minimum absolute atomic E-state index is 0.00536. The fourth-order valence-electron chi connectivity index (χ4n) is 3.85. The predicted octanol–water partition coefficient (Wildman–Crippen LogP) is 4.62. The highest BCUT2D eigenvalue weighted by Gasteiger charge is 2.33. The number of halogens is 2. The summed E-state index contributed by atoms with van der Waals surface area (Å²) in [6.07, 6.45) is 0.297. The van der Waals surface area contributed by atoms with Crippen molar-refractivity contribution in [2.45, 2.75) is 37.8 Å². The number of benzene rings is 3. The molecular formula is C27H29ClFN3O4S. The molecule has 0 aliphatic heterocycles. The molecule has 0 radical (unpaired) electrons. The van der Waals surface area contributed by atoms with E-state index >= 15 is 0 Å². The van der Waals surface area contributed by atoms with Crippen LogP contribution >= 0.6 is 11.6 Å². The molecule has 3 rings (SSSR count). The minimum Gasteiger partial charge on any atom is -0.355 e. The summed E-state index contributed by atoms with van der Waals surface area (Å²) in [5, 5.41) is 3.14. The third kappa shape index (κ3) is 7.08. The molecule has 0 aliphatic carbocycles. The molecule has 37 heavy (non-hydrogen) atoms. The molecule has 3 aromatic rings. The van der Waals surface area contributed by atoms with E-state index in [4.69, 9.17) is 11.6 Å². The number of carbonyl (C=O) groups is 2. The molecule has 0 spiro atoms. The van der Waals surface area contributed by atoms with Crippen LogP contribution in [0.1, 0.15) is 25.8 Å². The van der Waals surface area contributed by atoms with E-state index in [1.807, 2.05) is 0 Å². The number of hydrogen-bond donors (Lipinski definition) is 1. The molecular weight excluding hydrogens is 517 g/mol. The maximum absolute atomic E-state index is 13.8. The van der Waals surface area contributed by atoms with Gasteiger partial charge in [0.2, 0.25) is 11.8 Å². The topological polar surface area (TPSA) is 86.8 Å². The Morgan fingerprint density at radius 1 is 0.946 bits per heavy atom. The Morgan fingerprint density at radius 3 is 2.14 bits per heavy atom. The number of amides is 2. The van der Waals surface area contributed by atoms with Crippen molar-refractivity contribution in [1.82, 2.24) is 10.2 Å². The molecule has 3 aromatic carbocycles. The summed E-state index contributed by atoms with van der Waals surface area (Å²) in [6.45, 7) is 3.34. The van der Waals surface area contributed by atoms with E-state index in [2.05, 4.69) is 5.32 Å². The summed E-state index contributed by atoms with van der Waals surface area (Å²) in [4.78, 5) is 28.0. The molecule has 1 unspecified atom stereocenters. The second kappa shape index (κ2) is 12.7. The van der Waals surface area contributed by atoms with Gasteiger partial charge in [0.05, 0.1) is 10.6 Å². The first kappa shape index (κ1) is 28.1. The van der Waals surface area contributed by atoms with Crippen molar-refractivity contribution in [2.24, 2.45) is 0 Å². The second-order valence-corrected chi connectivity index (χ2v) is 10.6. The van der Waals surface area contributed by atoms with E-state index in [9.17, 15) is 22.4 Å². The second-order valence-electron chi connectivity index (χ2n) is 8.27. The quantitative estimate of drug-likeness (QED) is 0.381. The predicted molar refractivity (Wildman–Crippen MR) is 142 cm³/mol. The van der Waals surface area contributed by atoms with Gasteiger partial charge in [0.1, 0.15) is 18.4 Å². The van der Waals surface area contributed by atoms with Gasteiger partial charge in [-0.3, -0.25) is 13.9 Å². The van der Waals surface area contributed by atoms with Gasteiger partial charge in [-0.15, -0.1) is 0 Å². The van der Waals surface area contributed by atoms with Crippen LogP contribution < -0.4 is 9.62 Å². The van der Waals surface area contributed by atoms with Gasteiger partial charge in [-0.1, -0.05) is 48.9 Å². The van der Waals surface area contributed by atoms with Crippen molar-refractivity contribution in [3.8, 4) is 0 Å². The van der Waals surface area contributed by atoms with Crippen LogP contribution in [0.2, 0.25) is 5.02 Å². The van der Waals surface area contributed by atoms with Crippen LogP contribution in [0.4, 0.5) is 10.1 Å². The molecule has 1 atom stereocenters. The lowest BCUT2D eigenvalue weighted by molar-refractivity contribution is -0.140. The third-order valence-electron chi connectivity index (χ3n) is 5.73. The average Bonchev–Trinajstić information content (AvgIpc) is 2.89. The average molecular weight is 546 g/mol. The Kier molecular flexibility index (Phi) is 9.66. The minimum atomic E-state index is -4.14. The van der Waals surface area contributed by atoms with E-state index < -0.39 is 34.3 Å². The van der Waals surface area contributed by atoms with Crippen LogP contribution in [0.15, 0.2) is 83.8 Å². The SMILES string of the molecule is CCNC(=O)C(CC)N(Cc1ccc(F)cc1)C(=O)CN(c1ccc(Cl)cc1)S(=O)(=O)c1ccccc1. The molecule has 2 amide bonds. The largest absolute Gasteiger partial charge is 0.355 e. The molecule has 196 valence electrons. The first-order valence-corrected chi connectivity index (χ1v) is 13.6. The molecule has 0 aliphatic rings. The van der Waals surface area contributed by atoms with Gasteiger partial charge < -0.3 is 10.2 Å². The maximum atomic E-state index is 13.8. The smallest absolute Gasteiger partial charge is 0.264 e. The van der Waals surface area contributed by atoms with Gasteiger partial charge in [-0.25, -0.2) is 12.8 Å². The normalized spacial score (nSPS) is 12.0. The Balaban J connectivity index is 2.03. The summed E-state index contributed by atoms with van der Waals surface area (Å²) in [7, 11) is -4.14. The molecule has 0 fully saturated rings. The molecule has 10 heteroatoms. The van der Waals surface area contributed by atoms with Gasteiger partial charge in [0.15, 0.2) is 0 Å². The van der Waals surface area contributed by atoms with Crippen LogP contribution in [0.5, 0.6) is 0 Å². The standard InChI is InChI=1S/C27H29ClFN3O4S/c1-3-25(27(34)30-4-2)31(18-20-10-14-22(29)15-11-20)26(33)19-32(23-16-12-21(28)13-17-23)37(35,36)24-8-6-5-7-9-24/h5-17,25H,3-4,18-19H2,1-2H3,(H,30,34). The number of rotatable bonds is 11. The highest BCUT2D eigenvalue weighted by molar-refractivity contribution is 7.92. The van der Waals surface area contributed by atoms with Crippen LogP contribution in [-0.2, 0) is 26.2 Å². The van der Waals surface area contributed by atoms with E-state index in [1.54, 1.807) is 32.0 Å². The molecule has 0 aromatic heterocycles. The first-order chi connectivity index (χ1) is 17.7. The Hall–Kier alpha value is -3.43. The van der Waals surface area contributed by atoms with E-state index in [1.165, 1.54) is 65.6 Å². The van der Waals surface area contributed by atoms with E-state index in [-0.39, 0.29) is 23.0 Å². The van der Waals surface area contributed by atoms with Gasteiger partial charge in [-0.05, 0) is 67.4 Å². The molecule has 0 saturated heterocycles. The number of nitrogens with one attached hydrogen (secondary N) is 1. The number of likely N-dealkylation sites (N-methyl/N-ethyl adjacent to an activating group) is 1. The van der Waals surface area contributed by atoms with Crippen LogP contribution in [0.3, 0.4) is 0 Å². The summed E-state index contributed by atoms with van der Waals surface area (Å²) < 4.78 is 41.8. The van der Waals surface area contributed by atoms with E-state index in [0.29, 0.717) is 23.6 Å². The van der Waals surface area contributed by atoms with E-state index in [0.717, 1.165) is 4.31 Å². The lowest BCUT2D eigenvalue weighted by Crippen LogP contribution is -2.52. The molecule has 0 bridgehead atoms. The molecule has 7 nitrogen and oxygen atoms in total. The zero-order valence-electron chi connectivity index (χ0n) is 20.6. The highest BCUT2D eigenvalue weighted by Crippen LogP contribution is 2.26. The summed E-state index contributed by atoms with van der Waals surface area (Å²) in [6, 6.07) is 18.6. The monoisotopic (exact) mass is 545 g/mol. The van der Waals surface area contributed by atoms with Crippen LogP contribution in [0.25, 0.3) is 0 Å². The summed E-state index contributed by atoms with van der Waals surface area (Å²) in [5.41, 5.74) is 0.843. The van der Waals surface area contributed by atoms with Gasteiger partial charge in [0, 0.05) is 18.1 Å². The Labute approximate surface area is 221 Å². The first-order valence-electron chi connectivity index (χ1n) is 11.8. The third-order valence-corrected chi connectivity index (χ3v) is 7.77. The van der Waals surface area contributed by atoms with Crippen molar-refractivity contribution in [3.05, 3.63) is 95.3 Å². The van der Waals surface area contributed by atoms with Crippen molar-refractivity contribution in [2.75, 3.05) is 17.4 Å². The van der Waals surface area contributed by atoms with Crippen molar-refractivity contribution < 1.29 is 22.4 Å². The maximum Gasteiger partial charge on any atom is 0.264 e. The van der Waals surface area contributed by atoms with Crippen LogP contribution in [0, 0.1) is 5.82 Å². The summed E-state index contributed by atoms with van der Waals surface area (Å²) >= 11 is 6.02. The van der Waals surface area contributed by atoms with Gasteiger partial charge in [0.25, 0.3) is 10.0 Å². The molecule has 0 heterocycles. The number of hydrogen-bond acceptors (Lipinski definition) is 4. The molecule has 0 saturated carbocycles. The zero-order chi connectivity index (χ0) is 27.0. The van der Waals surface area contributed by atoms with Gasteiger partial charge in [-0.2, -0.15) is 0 Å². The fraction of sp³-hybridized carbons (Fsp3) is 0.259. The van der Waals surface area contributed by atoms with Crippen molar-refractivity contribution in [3.63, 3.8) is 0 Å². The van der Waals surface area contributed by atoms with Crippen LogP contribution in [-0.4, -0.2) is 44.3 Å². The number of anilines is 1. The summed E-state index contributed by atoms with van der Waals surface area (Å²) in [5.74, 6) is -1.37. The number of nitrogens with zero attached hydrogens (tertiary/aromatic N) is 2.